The third-order valence-corrected chi connectivity index (χ3v) is 3.22. The SMILES string of the molecule is CSCC[C@@H](N)C(=O)N(CCC(=O)O)C(C)(C)C. The van der Waals surface area contributed by atoms with Gasteiger partial charge in [-0.15, -0.1) is 0 Å². The van der Waals surface area contributed by atoms with Gasteiger partial charge in [0.05, 0.1) is 12.5 Å². The van der Waals surface area contributed by atoms with Crippen LogP contribution in [0, 0.1) is 0 Å². The number of carbonyl (C=O) groups is 2. The fourth-order valence-corrected chi connectivity index (χ4v) is 2.04. The molecule has 0 bridgehead atoms. The lowest BCUT2D eigenvalue weighted by Crippen LogP contribution is -2.53. The number of thioether (sulfide) groups is 1. The number of aliphatic carboxylic acids is 1. The first kappa shape index (κ1) is 17.2. The second-order valence-electron chi connectivity index (χ2n) is 5.19. The van der Waals surface area contributed by atoms with Crippen molar-refractivity contribution in [2.45, 2.75) is 45.2 Å². The molecule has 0 aromatic carbocycles. The Hall–Kier alpha value is -0.750. The Morgan fingerprint density at radius 1 is 1.39 bits per heavy atom. The van der Waals surface area contributed by atoms with E-state index in [-0.39, 0.29) is 18.9 Å². The maximum atomic E-state index is 12.2. The minimum Gasteiger partial charge on any atom is -0.481 e. The smallest absolute Gasteiger partial charge is 0.305 e. The fourth-order valence-electron chi connectivity index (χ4n) is 1.55. The first-order valence-electron chi connectivity index (χ1n) is 5.98. The molecule has 0 saturated heterocycles. The van der Waals surface area contributed by atoms with Crippen molar-refractivity contribution in [1.29, 1.82) is 0 Å². The molecule has 0 unspecified atom stereocenters. The van der Waals surface area contributed by atoms with Crippen LogP contribution < -0.4 is 5.73 Å². The third kappa shape index (κ3) is 6.26. The van der Waals surface area contributed by atoms with E-state index in [1.54, 1.807) is 16.7 Å². The second-order valence-corrected chi connectivity index (χ2v) is 6.18. The van der Waals surface area contributed by atoms with E-state index in [0.717, 1.165) is 5.75 Å². The van der Waals surface area contributed by atoms with E-state index >= 15 is 0 Å². The summed E-state index contributed by atoms with van der Waals surface area (Å²) >= 11 is 1.64. The Bertz CT molecular complexity index is 290. The van der Waals surface area contributed by atoms with Gasteiger partial charge in [0.1, 0.15) is 0 Å². The fraction of sp³-hybridized carbons (Fsp3) is 0.833. The molecule has 0 rings (SSSR count). The maximum Gasteiger partial charge on any atom is 0.305 e. The van der Waals surface area contributed by atoms with Crippen molar-refractivity contribution in [1.82, 2.24) is 4.90 Å². The Labute approximate surface area is 113 Å². The monoisotopic (exact) mass is 276 g/mol. The number of carbonyl (C=O) groups excluding carboxylic acids is 1. The Balaban J connectivity index is 4.64. The lowest BCUT2D eigenvalue weighted by Gasteiger charge is -2.37. The Morgan fingerprint density at radius 2 is 1.94 bits per heavy atom. The van der Waals surface area contributed by atoms with Gasteiger partial charge >= 0.3 is 5.97 Å². The van der Waals surface area contributed by atoms with E-state index in [4.69, 9.17) is 10.8 Å². The summed E-state index contributed by atoms with van der Waals surface area (Å²) < 4.78 is 0. The molecule has 1 atom stereocenters. The summed E-state index contributed by atoms with van der Waals surface area (Å²) in [5.74, 6) is -0.253. The summed E-state index contributed by atoms with van der Waals surface area (Å²) in [7, 11) is 0. The molecule has 18 heavy (non-hydrogen) atoms. The highest BCUT2D eigenvalue weighted by Gasteiger charge is 2.29. The zero-order valence-corrected chi connectivity index (χ0v) is 12.4. The topological polar surface area (TPSA) is 83.6 Å². The molecule has 0 aliphatic heterocycles. The van der Waals surface area contributed by atoms with Crippen molar-refractivity contribution in [3.05, 3.63) is 0 Å². The van der Waals surface area contributed by atoms with Crippen molar-refractivity contribution >= 4 is 23.6 Å². The van der Waals surface area contributed by atoms with E-state index < -0.39 is 17.6 Å². The number of carboxylic acid groups (broad SMARTS) is 1. The molecule has 0 heterocycles. The van der Waals surface area contributed by atoms with E-state index in [0.29, 0.717) is 6.42 Å². The predicted octanol–water partition coefficient (Wildman–Crippen LogP) is 1.17. The third-order valence-electron chi connectivity index (χ3n) is 2.58. The molecular formula is C12H24N2O3S. The summed E-state index contributed by atoms with van der Waals surface area (Å²) in [6.45, 7) is 5.85. The van der Waals surface area contributed by atoms with Gasteiger partial charge in [0.2, 0.25) is 5.91 Å². The number of hydrogen-bond acceptors (Lipinski definition) is 4. The molecular weight excluding hydrogens is 252 g/mol. The van der Waals surface area contributed by atoms with Crippen LogP contribution in [0.2, 0.25) is 0 Å². The normalized spacial score (nSPS) is 13.2. The van der Waals surface area contributed by atoms with Crippen molar-refractivity contribution in [3.63, 3.8) is 0 Å². The van der Waals surface area contributed by atoms with Gasteiger partial charge in [-0.1, -0.05) is 0 Å². The van der Waals surface area contributed by atoms with Crippen molar-refractivity contribution in [3.8, 4) is 0 Å². The van der Waals surface area contributed by atoms with Crippen molar-refractivity contribution in [2.75, 3.05) is 18.6 Å². The maximum absolute atomic E-state index is 12.2. The van der Waals surface area contributed by atoms with Crippen LogP contribution in [0.25, 0.3) is 0 Å². The van der Waals surface area contributed by atoms with E-state index in [1.807, 2.05) is 27.0 Å². The number of carboxylic acids is 1. The molecule has 3 N–H and O–H groups in total. The average Bonchev–Trinajstić information content (AvgIpc) is 2.23. The standard InChI is InChI=1S/C12H24N2O3S/c1-12(2,3)14(7-5-10(15)16)11(17)9(13)6-8-18-4/h9H,5-8,13H2,1-4H3,(H,15,16)/t9-/m1/s1. The highest BCUT2D eigenvalue weighted by Crippen LogP contribution is 2.16. The highest BCUT2D eigenvalue weighted by atomic mass is 32.2. The molecule has 0 aromatic rings. The number of hydrogen-bond donors (Lipinski definition) is 2. The van der Waals surface area contributed by atoms with Gasteiger partial charge < -0.3 is 15.7 Å². The number of amides is 1. The van der Waals surface area contributed by atoms with Crippen molar-refractivity contribution in [2.24, 2.45) is 5.73 Å². The van der Waals surface area contributed by atoms with Gasteiger partial charge in [-0.2, -0.15) is 11.8 Å². The van der Waals surface area contributed by atoms with Gasteiger partial charge in [0, 0.05) is 12.1 Å². The zero-order valence-electron chi connectivity index (χ0n) is 11.6. The molecule has 0 radical (unpaired) electrons. The molecule has 0 saturated carbocycles. The van der Waals surface area contributed by atoms with Crippen molar-refractivity contribution < 1.29 is 14.7 Å². The first-order valence-corrected chi connectivity index (χ1v) is 7.37. The van der Waals surface area contributed by atoms with Crippen LogP contribution in [0.15, 0.2) is 0 Å². The molecule has 0 spiro atoms. The van der Waals surface area contributed by atoms with Crippen LogP contribution in [0.5, 0.6) is 0 Å². The van der Waals surface area contributed by atoms with Gasteiger partial charge in [-0.05, 0) is 39.2 Å². The van der Waals surface area contributed by atoms with Gasteiger partial charge in [-0.25, -0.2) is 0 Å². The summed E-state index contributed by atoms with van der Waals surface area (Å²) in [6, 6.07) is -0.550. The van der Waals surface area contributed by atoms with Crippen LogP contribution in [0.3, 0.4) is 0 Å². The van der Waals surface area contributed by atoms with E-state index in [2.05, 4.69) is 0 Å². The summed E-state index contributed by atoms with van der Waals surface area (Å²) in [6.07, 6.45) is 2.51. The molecule has 106 valence electrons. The number of nitrogens with zero attached hydrogens (tertiary/aromatic N) is 1. The van der Waals surface area contributed by atoms with Crippen LogP contribution in [0.4, 0.5) is 0 Å². The lowest BCUT2D eigenvalue weighted by atomic mass is 10.0. The van der Waals surface area contributed by atoms with Crippen LogP contribution in [0.1, 0.15) is 33.6 Å². The molecule has 6 heteroatoms. The molecule has 0 fully saturated rings. The molecule has 1 amide bonds. The Morgan fingerprint density at radius 3 is 2.33 bits per heavy atom. The van der Waals surface area contributed by atoms with E-state index in [9.17, 15) is 9.59 Å². The number of nitrogens with two attached hydrogens (primary N) is 1. The quantitative estimate of drug-likeness (QED) is 0.729. The summed E-state index contributed by atoms with van der Waals surface area (Å²) in [5, 5.41) is 8.72. The zero-order chi connectivity index (χ0) is 14.3. The van der Waals surface area contributed by atoms with E-state index in [1.165, 1.54) is 0 Å². The second kappa shape index (κ2) is 7.63. The molecule has 0 aromatic heterocycles. The summed E-state index contributed by atoms with van der Waals surface area (Å²) in [5.41, 5.74) is 5.44. The first-order chi connectivity index (χ1) is 8.20. The largest absolute Gasteiger partial charge is 0.481 e. The molecule has 5 nitrogen and oxygen atoms in total. The minimum absolute atomic E-state index is 0.0573. The Kier molecular flexibility index (Phi) is 7.32. The summed E-state index contributed by atoms with van der Waals surface area (Å²) in [4.78, 5) is 24.4. The van der Waals surface area contributed by atoms with Crippen LogP contribution >= 0.6 is 11.8 Å². The number of rotatable bonds is 7. The predicted molar refractivity (Wildman–Crippen MR) is 74.7 cm³/mol. The average molecular weight is 276 g/mol. The van der Waals surface area contributed by atoms with Crippen LogP contribution in [-0.2, 0) is 9.59 Å². The molecule has 0 aliphatic rings. The van der Waals surface area contributed by atoms with Gasteiger partial charge in [0.25, 0.3) is 0 Å². The highest BCUT2D eigenvalue weighted by molar-refractivity contribution is 7.98. The minimum atomic E-state index is -0.908. The van der Waals surface area contributed by atoms with Crippen LogP contribution in [-0.4, -0.2) is 52.0 Å². The molecule has 0 aliphatic carbocycles. The van der Waals surface area contributed by atoms with Gasteiger partial charge in [-0.3, -0.25) is 9.59 Å². The van der Waals surface area contributed by atoms with Gasteiger partial charge in [0.15, 0.2) is 0 Å². The lowest BCUT2D eigenvalue weighted by molar-refractivity contribution is -0.141.